The molecule has 0 aliphatic heterocycles. The molecule has 2 atom stereocenters. The quantitative estimate of drug-likeness (QED) is 0.459. The second-order valence-electron chi connectivity index (χ2n) is 3.41. The third kappa shape index (κ3) is 5.13. The number of hydrogen-bond donors (Lipinski definition) is 4. The van der Waals surface area contributed by atoms with Crippen LogP contribution in [-0.4, -0.2) is 35.5 Å². The number of carboxylic acids is 1. The van der Waals surface area contributed by atoms with Crippen molar-refractivity contribution in [1.82, 2.24) is 5.32 Å². The first-order valence-electron chi connectivity index (χ1n) is 4.31. The number of carboxylic acid groups (broad SMARTS) is 1. The van der Waals surface area contributed by atoms with E-state index < -0.39 is 12.0 Å². The number of nitrogens with two attached hydrogens (primary N) is 1. The van der Waals surface area contributed by atoms with Gasteiger partial charge < -0.3 is 16.2 Å². The van der Waals surface area contributed by atoms with E-state index >= 15 is 0 Å². The van der Waals surface area contributed by atoms with Crippen LogP contribution in [0.4, 0.5) is 0 Å². The number of hydrogen-bond acceptors (Lipinski definition) is 4. The van der Waals surface area contributed by atoms with Crippen LogP contribution in [0.3, 0.4) is 0 Å². The van der Waals surface area contributed by atoms with Crippen LogP contribution >= 0.6 is 12.6 Å². The Morgan fingerprint density at radius 1 is 1.62 bits per heavy atom. The third-order valence-electron chi connectivity index (χ3n) is 1.77. The van der Waals surface area contributed by atoms with Crippen molar-refractivity contribution in [3.63, 3.8) is 0 Å². The predicted molar refractivity (Wildman–Crippen MR) is 56.1 cm³/mol. The maximum atomic E-state index is 10.7. The summed E-state index contributed by atoms with van der Waals surface area (Å²) in [5.74, 6) is -0.219. The van der Waals surface area contributed by atoms with E-state index in [-0.39, 0.29) is 12.0 Å². The molecule has 0 fully saturated rings. The molecule has 5 heteroatoms. The van der Waals surface area contributed by atoms with Crippen LogP contribution in [-0.2, 0) is 4.79 Å². The molecule has 4 N–H and O–H groups in total. The Morgan fingerprint density at radius 2 is 2.15 bits per heavy atom. The van der Waals surface area contributed by atoms with E-state index in [2.05, 4.69) is 17.9 Å². The minimum Gasteiger partial charge on any atom is -0.480 e. The van der Waals surface area contributed by atoms with Gasteiger partial charge in [0.25, 0.3) is 0 Å². The molecule has 0 saturated carbocycles. The highest BCUT2D eigenvalue weighted by molar-refractivity contribution is 7.80. The Balaban J connectivity index is 3.90. The Bertz CT molecular complexity index is 164. The summed E-state index contributed by atoms with van der Waals surface area (Å²) in [7, 11) is 0. The van der Waals surface area contributed by atoms with Crippen molar-refractivity contribution >= 4 is 18.6 Å². The molecule has 0 radical (unpaired) electrons. The summed E-state index contributed by atoms with van der Waals surface area (Å²) in [4.78, 5) is 10.7. The molecule has 0 aliphatic rings. The van der Waals surface area contributed by atoms with E-state index in [9.17, 15) is 4.79 Å². The normalized spacial score (nSPS) is 15.8. The van der Waals surface area contributed by atoms with Gasteiger partial charge in [-0.2, -0.15) is 12.6 Å². The van der Waals surface area contributed by atoms with E-state index in [0.717, 1.165) is 0 Å². The van der Waals surface area contributed by atoms with Crippen molar-refractivity contribution in [2.75, 3.05) is 12.3 Å². The van der Waals surface area contributed by atoms with Crippen molar-refractivity contribution in [3.8, 4) is 0 Å². The van der Waals surface area contributed by atoms with Gasteiger partial charge in [0, 0.05) is 18.3 Å². The van der Waals surface area contributed by atoms with Crippen LogP contribution in [0.25, 0.3) is 0 Å². The molecule has 0 rings (SSSR count). The van der Waals surface area contributed by atoms with Crippen LogP contribution < -0.4 is 11.1 Å². The Labute approximate surface area is 84.3 Å². The molecule has 0 spiro atoms. The van der Waals surface area contributed by atoms with Gasteiger partial charge >= 0.3 is 5.97 Å². The standard InChI is InChI=1S/C8H18N2O2S/c1-5(2)7(8(11)12)10-3-6(9)4-13/h5-7,10,13H,3-4,9H2,1-2H3,(H,11,12)/t6-,7+/m1/s1. The molecule has 0 aromatic rings. The van der Waals surface area contributed by atoms with Crippen molar-refractivity contribution < 1.29 is 9.90 Å². The van der Waals surface area contributed by atoms with Gasteiger partial charge in [0.2, 0.25) is 0 Å². The lowest BCUT2D eigenvalue weighted by molar-refractivity contribution is -0.140. The fraction of sp³-hybridized carbons (Fsp3) is 0.875. The van der Waals surface area contributed by atoms with Crippen LogP contribution in [0.1, 0.15) is 13.8 Å². The molecule has 0 aromatic heterocycles. The SMILES string of the molecule is CC(C)[C@H](NC[C@@H](N)CS)C(=O)O. The molecular formula is C8H18N2O2S. The van der Waals surface area contributed by atoms with Crippen LogP contribution in [0, 0.1) is 5.92 Å². The first-order chi connectivity index (χ1) is 5.99. The average Bonchev–Trinajstić information content (AvgIpc) is 2.03. The van der Waals surface area contributed by atoms with Crippen LogP contribution in [0.2, 0.25) is 0 Å². The fourth-order valence-corrected chi connectivity index (χ4v) is 1.08. The van der Waals surface area contributed by atoms with Gasteiger partial charge in [0.1, 0.15) is 6.04 Å². The molecule has 0 saturated heterocycles. The molecular weight excluding hydrogens is 188 g/mol. The summed E-state index contributed by atoms with van der Waals surface area (Å²) in [5.41, 5.74) is 5.59. The lowest BCUT2D eigenvalue weighted by Gasteiger charge is -2.19. The molecule has 0 aliphatic carbocycles. The zero-order chi connectivity index (χ0) is 10.4. The number of aliphatic carboxylic acids is 1. The van der Waals surface area contributed by atoms with Crippen molar-refractivity contribution in [3.05, 3.63) is 0 Å². The molecule has 0 unspecified atom stereocenters. The van der Waals surface area contributed by atoms with E-state index in [4.69, 9.17) is 10.8 Å². The topological polar surface area (TPSA) is 75.3 Å². The van der Waals surface area contributed by atoms with E-state index in [1.54, 1.807) is 0 Å². The first kappa shape index (κ1) is 12.7. The fourth-order valence-electron chi connectivity index (χ4n) is 0.951. The summed E-state index contributed by atoms with van der Waals surface area (Å²) in [5, 5.41) is 11.7. The second kappa shape index (κ2) is 6.23. The highest BCUT2D eigenvalue weighted by Gasteiger charge is 2.20. The van der Waals surface area contributed by atoms with E-state index in [0.29, 0.717) is 12.3 Å². The lowest BCUT2D eigenvalue weighted by Crippen LogP contribution is -2.46. The zero-order valence-corrected chi connectivity index (χ0v) is 8.92. The van der Waals surface area contributed by atoms with Gasteiger partial charge in [0.15, 0.2) is 0 Å². The van der Waals surface area contributed by atoms with Gasteiger partial charge in [-0.05, 0) is 5.92 Å². The van der Waals surface area contributed by atoms with Crippen molar-refractivity contribution in [1.29, 1.82) is 0 Å². The molecule has 78 valence electrons. The van der Waals surface area contributed by atoms with Gasteiger partial charge in [-0.3, -0.25) is 4.79 Å². The molecule has 0 bridgehead atoms. The number of carbonyl (C=O) groups is 1. The van der Waals surface area contributed by atoms with Gasteiger partial charge in [0.05, 0.1) is 0 Å². The maximum absolute atomic E-state index is 10.7. The number of rotatable bonds is 6. The van der Waals surface area contributed by atoms with Crippen molar-refractivity contribution in [2.24, 2.45) is 11.7 Å². The number of thiol groups is 1. The second-order valence-corrected chi connectivity index (χ2v) is 3.78. The highest BCUT2D eigenvalue weighted by atomic mass is 32.1. The zero-order valence-electron chi connectivity index (χ0n) is 8.03. The minimum absolute atomic E-state index is 0.0598. The summed E-state index contributed by atoms with van der Waals surface area (Å²) >= 11 is 4.01. The Morgan fingerprint density at radius 3 is 2.46 bits per heavy atom. The maximum Gasteiger partial charge on any atom is 0.320 e. The van der Waals surface area contributed by atoms with Crippen molar-refractivity contribution in [2.45, 2.75) is 25.9 Å². The lowest BCUT2D eigenvalue weighted by atomic mass is 10.0. The molecule has 0 amide bonds. The summed E-state index contributed by atoms with van der Waals surface area (Å²) in [6.45, 7) is 4.20. The molecule has 4 nitrogen and oxygen atoms in total. The summed E-state index contributed by atoms with van der Waals surface area (Å²) in [6, 6.07) is -0.616. The summed E-state index contributed by atoms with van der Waals surface area (Å²) in [6.07, 6.45) is 0. The summed E-state index contributed by atoms with van der Waals surface area (Å²) < 4.78 is 0. The smallest absolute Gasteiger partial charge is 0.320 e. The third-order valence-corrected chi connectivity index (χ3v) is 2.24. The van der Waals surface area contributed by atoms with Crippen LogP contribution in [0.15, 0.2) is 0 Å². The molecule has 0 aromatic carbocycles. The van der Waals surface area contributed by atoms with Gasteiger partial charge in [-0.1, -0.05) is 13.8 Å². The molecule has 13 heavy (non-hydrogen) atoms. The monoisotopic (exact) mass is 206 g/mol. The van der Waals surface area contributed by atoms with Crippen LogP contribution in [0.5, 0.6) is 0 Å². The highest BCUT2D eigenvalue weighted by Crippen LogP contribution is 2.01. The van der Waals surface area contributed by atoms with E-state index in [1.807, 2.05) is 13.8 Å². The Kier molecular flexibility index (Phi) is 6.11. The molecule has 0 heterocycles. The average molecular weight is 206 g/mol. The largest absolute Gasteiger partial charge is 0.480 e. The predicted octanol–water partition coefficient (Wildman–Crippen LogP) is -0.0577. The Hall–Kier alpha value is -0.260. The first-order valence-corrected chi connectivity index (χ1v) is 4.95. The number of nitrogens with one attached hydrogen (secondary N) is 1. The van der Waals surface area contributed by atoms with Gasteiger partial charge in [-0.15, -0.1) is 0 Å². The van der Waals surface area contributed by atoms with Gasteiger partial charge in [-0.25, -0.2) is 0 Å². The minimum atomic E-state index is -0.832. The van der Waals surface area contributed by atoms with E-state index in [1.165, 1.54) is 0 Å².